The van der Waals surface area contributed by atoms with Crippen molar-refractivity contribution < 1.29 is 0 Å². The summed E-state index contributed by atoms with van der Waals surface area (Å²) in [7, 11) is 0. The molecule has 0 unspecified atom stereocenters. The van der Waals surface area contributed by atoms with Crippen LogP contribution < -0.4 is 26.2 Å². The molecule has 11 aromatic rings. The summed E-state index contributed by atoms with van der Waals surface area (Å²) in [6.45, 7) is 18.9. The van der Waals surface area contributed by atoms with Gasteiger partial charge >= 0.3 is 0 Å². The van der Waals surface area contributed by atoms with Gasteiger partial charge in [-0.2, -0.15) is 0 Å². The summed E-state index contributed by atoms with van der Waals surface area (Å²) in [6.07, 6.45) is 0. The van der Waals surface area contributed by atoms with E-state index in [1.165, 1.54) is 134 Å². The van der Waals surface area contributed by atoms with Crippen LogP contribution in [0.4, 0.5) is 34.1 Å². The second kappa shape index (κ2) is 17.8. The molecule has 0 bridgehead atoms. The molecule has 81 heavy (non-hydrogen) atoms. The zero-order valence-corrected chi connectivity index (χ0v) is 47.6. The molecule has 0 N–H and O–H groups in total. The molecular weight excluding hydrogens is 976 g/mol. The molecule has 0 fully saturated rings. The number of benzene rings is 11. The van der Waals surface area contributed by atoms with Crippen LogP contribution in [0.5, 0.6) is 0 Å². The largest absolute Gasteiger partial charge is 0.311 e. The average Bonchev–Trinajstić information content (AvgIpc) is 4.18. The van der Waals surface area contributed by atoms with Crippen LogP contribution >= 0.6 is 0 Å². The number of fused-ring (bicyclic) bond motifs is 10. The Balaban J connectivity index is 0.946. The first-order valence-corrected chi connectivity index (χ1v) is 29.0. The summed E-state index contributed by atoms with van der Waals surface area (Å²) in [5, 5.41) is 0. The predicted molar refractivity (Wildman–Crippen MR) is 344 cm³/mol. The highest BCUT2D eigenvalue weighted by molar-refractivity contribution is 7.00. The fourth-order valence-corrected chi connectivity index (χ4v) is 14.5. The third kappa shape index (κ3) is 7.33. The highest BCUT2D eigenvalue weighted by Crippen LogP contribution is 2.57. The number of rotatable bonds is 6. The van der Waals surface area contributed by atoms with E-state index in [0.717, 1.165) is 5.69 Å². The number of anilines is 6. The van der Waals surface area contributed by atoms with Crippen LogP contribution in [-0.4, -0.2) is 6.71 Å². The van der Waals surface area contributed by atoms with Crippen LogP contribution in [0.15, 0.2) is 249 Å². The maximum atomic E-state index is 2.62. The van der Waals surface area contributed by atoms with Gasteiger partial charge in [0.15, 0.2) is 0 Å². The van der Waals surface area contributed by atoms with Crippen molar-refractivity contribution in [2.45, 2.75) is 77.0 Å². The van der Waals surface area contributed by atoms with Gasteiger partial charge in [0.2, 0.25) is 0 Å². The lowest BCUT2D eigenvalue weighted by Gasteiger charge is -2.45. The van der Waals surface area contributed by atoms with Crippen molar-refractivity contribution in [3.63, 3.8) is 0 Å². The third-order valence-corrected chi connectivity index (χ3v) is 18.6. The van der Waals surface area contributed by atoms with Crippen molar-refractivity contribution in [3.05, 3.63) is 293 Å². The molecule has 390 valence electrons. The maximum Gasteiger partial charge on any atom is 0.252 e. The van der Waals surface area contributed by atoms with Crippen molar-refractivity contribution in [1.82, 2.24) is 0 Å². The molecule has 3 heteroatoms. The summed E-state index contributed by atoms with van der Waals surface area (Å²) in [5.74, 6) is 0. The minimum Gasteiger partial charge on any atom is -0.311 e. The molecule has 0 radical (unpaired) electrons. The summed E-state index contributed by atoms with van der Waals surface area (Å²) in [4.78, 5) is 5.21. The molecule has 2 aliphatic carbocycles. The Hall–Kier alpha value is -8.92. The van der Waals surface area contributed by atoms with Crippen molar-refractivity contribution >= 4 is 57.2 Å². The Bertz CT molecular complexity index is 4290. The first kappa shape index (κ1) is 49.2. The molecule has 4 aliphatic rings. The van der Waals surface area contributed by atoms with Gasteiger partial charge in [-0.05, 0) is 171 Å². The Labute approximate surface area is 479 Å². The lowest BCUT2D eigenvalue weighted by molar-refractivity contribution is 0.590. The second-order valence-corrected chi connectivity index (χ2v) is 25.7. The second-order valence-electron chi connectivity index (χ2n) is 25.7. The molecule has 0 spiro atoms. The zero-order chi connectivity index (χ0) is 55.2. The van der Waals surface area contributed by atoms with E-state index >= 15 is 0 Å². The minimum atomic E-state index is -0.477. The number of nitrogens with zero attached hydrogens (tertiary/aromatic N) is 2. The first-order chi connectivity index (χ1) is 39.2. The standard InChI is InChI=1S/C78H65BN2/c1-75(2,3)56-36-43-71-69(46-56)79-68-45-53(50-22-12-9-13-23-50)35-42-70(68)80(72-47-57(76(4,5)6)48-73(74(72)79)81(71)59-39-41-62-60-28-18-20-30-64(60)77(7,8)66(62)49-59)58-37-32-51(33-38-58)52-34-40-63-61-29-19-21-31-65(61)78(67(63)44-52,54-24-14-10-15-25-54)55-26-16-11-17-27-55/h9-49H,1-8H3. The first-order valence-electron chi connectivity index (χ1n) is 29.0. The Morgan fingerprint density at radius 3 is 1.42 bits per heavy atom. The van der Waals surface area contributed by atoms with Gasteiger partial charge in [-0.3, -0.25) is 0 Å². The Morgan fingerprint density at radius 2 is 0.778 bits per heavy atom. The molecular formula is C78H65BN2. The highest BCUT2D eigenvalue weighted by atomic mass is 15.2. The Kier molecular flexibility index (Phi) is 10.8. The average molecular weight is 1040 g/mol. The lowest BCUT2D eigenvalue weighted by Crippen LogP contribution is -2.61. The van der Waals surface area contributed by atoms with Crippen LogP contribution in [0.2, 0.25) is 0 Å². The van der Waals surface area contributed by atoms with Crippen LogP contribution in [0.25, 0.3) is 44.5 Å². The van der Waals surface area contributed by atoms with Crippen LogP contribution in [-0.2, 0) is 21.7 Å². The van der Waals surface area contributed by atoms with Crippen molar-refractivity contribution in [3.8, 4) is 44.5 Å². The molecule has 0 amide bonds. The third-order valence-electron chi connectivity index (χ3n) is 18.6. The lowest BCUT2D eigenvalue weighted by atomic mass is 9.33. The molecule has 11 aromatic carbocycles. The van der Waals surface area contributed by atoms with Gasteiger partial charge in [0.25, 0.3) is 6.71 Å². The van der Waals surface area contributed by atoms with Crippen LogP contribution in [0.3, 0.4) is 0 Å². The fourth-order valence-electron chi connectivity index (χ4n) is 14.5. The number of hydrogen-bond donors (Lipinski definition) is 0. The van der Waals surface area contributed by atoms with E-state index in [9.17, 15) is 0 Å². The smallest absolute Gasteiger partial charge is 0.252 e. The fraction of sp³-hybridized carbons (Fsp3) is 0.154. The van der Waals surface area contributed by atoms with E-state index in [-0.39, 0.29) is 23.0 Å². The van der Waals surface area contributed by atoms with Gasteiger partial charge in [0.05, 0.1) is 5.41 Å². The summed E-state index contributed by atoms with van der Waals surface area (Å²) < 4.78 is 0. The van der Waals surface area contributed by atoms with Gasteiger partial charge in [-0.1, -0.05) is 250 Å². The maximum absolute atomic E-state index is 2.62. The normalized spacial score (nSPS) is 14.8. The molecule has 0 atom stereocenters. The molecule has 2 nitrogen and oxygen atoms in total. The van der Waals surface area contributed by atoms with Gasteiger partial charge in [0.1, 0.15) is 0 Å². The van der Waals surface area contributed by atoms with Crippen LogP contribution in [0, 0.1) is 0 Å². The summed E-state index contributed by atoms with van der Waals surface area (Å²) in [6, 6.07) is 94.9. The van der Waals surface area contributed by atoms with E-state index in [0.29, 0.717) is 0 Å². The van der Waals surface area contributed by atoms with Gasteiger partial charge in [-0.15, -0.1) is 0 Å². The number of hydrogen-bond acceptors (Lipinski definition) is 2. The van der Waals surface area contributed by atoms with E-state index in [2.05, 4.69) is 314 Å². The molecule has 0 saturated heterocycles. The van der Waals surface area contributed by atoms with Crippen molar-refractivity contribution in [2.24, 2.45) is 0 Å². The predicted octanol–water partition coefficient (Wildman–Crippen LogP) is 18.4. The topological polar surface area (TPSA) is 6.48 Å². The van der Waals surface area contributed by atoms with Crippen molar-refractivity contribution in [1.29, 1.82) is 0 Å². The van der Waals surface area contributed by atoms with E-state index in [1.807, 2.05) is 0 Å². The minimum absolute atomic E-state index is 0.0353. The van der Waals surface area contributed by atoms with Crippen molar-refractivity contribution in [2.75, 3.05) is 9.80 Å². The molecule has 15 rings (SSSR count). The monoisotopic (exact) mass is 1040 g/mol. The van der Waals surface area contributed by atoms with E-state index < -0.39 is 5.41 Å². The Morgan fingerprint density at radius 1 is 0.321 bits per heavy atom. The molecule has 0 aromatic heterocycles. The van der Waals surface area contributed by atoms with E-state index in [4.69, 9.17) is 0 Å². The summed E-state index contributed by atoms with van der Waals surface area (Å²) >= 11 is 0. The molecule has 0 saturated carbocycles. The van der Waals surface area contributed by atoms with Gasteiger partial charge in [0, 0.05) is 39.5 Å². The van der Waals surface area contributed by atoms with Gasteiger partial charge in [-0.25, -0.2) is 0 Å². The van der Waals surface area contributed by atoms with E-state index in [1.54, 1.807) is 0 Å². The zero-order valence-electron chi connectivity index (χ0n) is 47.6. The molecule has 2 heterocycles. The molecule has 2 aliphatic heterocycles. The van der Waals surface area contributed by atoms with Gasteiger partial charge < -0.3 is 9.80 Å². The highest BCUT2D eigenvalue weighted by Gasteiger charge is 2.48. The summed E-state index contributed by atoms with van der Waals surface area (Å²) in [5.41, 5.74) is 31.0. The quantitative estimate of drug-likeness (QED) is 0.153. The SMILES string of the molecule is CC(C)(C)c1ccc2c(c1)B1c3cc(-c4ccccc4)ccc3N(c3ccc(-c4ccc5c(c4)C(c4ccccc4)(c4ccccc4)c4ccccc4-5)cc3)c3cc(C(C)(C)C)cc(c31)N2c1ccc2c(c1)C(C)(C)c1ccccc1-2. The van der Waals surface area contributed by atoms with Crippen LogP contribution in [0.1, 0.15) is 99.9 Å².